The molecule has 0 saturated heterocycles. The zero-order chi connectivity index (χ0) is 15.7. The Morgan fingerprint density at radius 3 is 2.67 bits per heavy atom. The molecule has 0 fully saturated rings. The van der Waals surface area contributed by atoms with Crippen LogP contribution in [-0.2, 0) is 11.3 Å². The highest BCUT2D eigenvalue weighted by Crippen LogP contribution is 2.36. The minimum atomic E-state index is 0.539. The highest BCUT2D eigenvalue weighted by molar-refractivity contribution is 6.32. The molecule has 1 aromatic rings. The predicted octanol–water partition coefficient (Wildman–Crippen LogP) is 3.43. The molecule has 0 atom stereocenters. The molecule has 0 aliphatic rings. The van der Waals surface area contributed by atoms with E-state index < -0.39 is 0 Å². The molecule has 1 N–H and O–H groups in total. The van der Waals surface area contributed by atoms with Gasteiger partial charge in [0.2, 0.25) is 0 Å². The van der Waals surface area contributed by atoms with Crippen LogP contribution in [0.3, 0.4) is 0 Å². The van der Waals surface area contributed by atoms with E-state index in [1.807, 2.05) is 19.1 Å². The molecule has 0 unspecified atom stereocenters. The van der Waals surface area contributed by atoms with Crippen LogP contribution in [0.2, 0.25) is 5.02 Å². The van der Waals surface area contributed by atoms with Crippen molar-refractivity contribution < 1.29 is 14.2 Å². The second kappa shape index (κ2) is 9.66. The maximum absolute atomic E-state index is 6.29. The monoisotopic (exact) mass is 313 g/mol. The highest BCUT2D eigenvalue weighted by Gasteiger charge is 2.12. The second-order valence-corrected chi connectivity index (χ2v) is 5.24. The third kappa shape index (κ3) is 6.38. The average molecular weight is 314 g/mol. The third-order valence-electron chi connectivity index (χ3n) is 2.88. The van der Waals surface area contributed by atoms with Crippen LogP contribution in [0, 0.1) is 0 Å². The van der Waals surface area contributed by atoms with Gasteiger partial charge in [-0.05, 0) is 24.6 Å². The van der Waals surface area contributed by atoms with E-state index in [1.54, 1.807) is 14.2 Å². The second-order valence-electron chi connectivity index (χ2n) is 4.83. The van der Waals surface area contributed by atoms with Crippen LogP contribution in [0.1, 0.15) is 18.9 Å². The molecule has 0 aliphatic heterocycles. The van der Waals surface area contributed by atoms with Crippen LogP contribution in [0.25, 0.3) is 0 Å². The van der Waals surface area contributed by atoms with E-state index in [0.717, 1.165) is 24.1 Å². The molecule has 4 nitrogen and oxygen atoms in total. The molecule has 1 rings (SSSR count). The summed E-state index contributed by atoms with van der Waals surface area (Å²) in [7, 11) is 3.29. The maximum atomic E-state index is 6.29. The number of ether oxygens (including phenoxy) is 3. The molecule has 0 aliphatic carbocycles. The lowest BCUT2D eigenvalue weighted by molar-refractivity contribution is 0.199. The molecule has 0 heterocycles. The fraction of sp³-hybridized carbons (Fsp3) is 0.500. The van der Waals surface area contributed by atoms with Gasteiger partial charge in [-0.1, -0.05) is 17.2 Å². The number of halogens is 1. The normalized spacial score (nSPS) is 10.5. The zero-order valence-electron chi connectivity index (χ0n) is 13.0. The van der Waals surface area contributed by atoms with Gasteiger partial charge in [-0.25, -0.2) is 0 Å². The number of hydrogen-bond acceptors (Lipinski definition) is 4. The number of benzene rings is 1. The number of methoxy groups -OCH3 is 2. The summed E-state index contributed by atoms with van der Waals surface area (Å²) < 4.78 is 16.1. The molecule has 5 heteroatoms. The maximum Gasteiger partial charge on any atom is 0.179 e. The van der Waals surface area contributed by atoms with Crippen molar-refractivity contribution in [1.29, 1.82) is 0 Å². The minimum absolute atomic E-state index is 0.539. The van der Waals surface area contributed by atoms with Gasteiger partial charge in [-0.3, -0.25) is 0 Å². The molecular weight excluding hydrogens is 290 g/mol. The summed E-state index contributed by atoms with van der Waals surface area (Å²) in [6.45, 7) is 8.52. The standard InChI is InChI=1S/C16H24ClNO3/c1-12(2)5-7-21-16-14(17)9-13(10-15(16)20-4)11-18-6-8-19-3/h9-10,18H,1,5-8,11H2,2-4H3. The molecule has 0 amide bonds. The van der Waals surface area contributed by atoms with E-state index in [2.05, 4.69) is 11.9 Å². The molecular formula is C16H24ClNO3. The van der Waals surface area contributed by atoms with Gasteiger partial charge in [-0.2, -0.15) is 0 Å². The molecule has 0 spiro atoms. The molecule has 0 aromatic heterocycles. The Labute approximate surface area is 132 Å². The quantitative estimate of drug-likeness (QED) is 0.530. The summed E-state index contributed by atoms with van der Waals surface area (Å²) in [6.07, 6.45) is 0.791. The Morgan fingerprint density at radius 2 is 2.05 bits per heavy atom. The number of hydrogen-bond donors (Lipinski definition) is 1. The van der Waals surface area contributed by atoms with Crippen molar-refractivity contribution in [3.05, 3.63) is 34.9 Å². The molecule has 0 bridgehead atoms. The average Bonchev–Trinajstić information content (AvgIpc) is 2.45. The lowest BCUT2D eigenvalue weighted by Crippen LogP contribution is -2.18. The molecule has 0 saturated carbocycles. The Kier molecular flexibility index (Phi) is 8.20. The first kappa shape index (κ1) is 17.8. The first-order valence-corrected chi connectivity index (χ1v) is 7.29. The van der Waals surface area contributed by atoms with Crippen molar-refractivity contribution in [3.8, 4) is 11.5 Å². The van der Waals surface area contributed by atoms with E-state index in [-0.39, 0.29) is 0 Å². The van der Waals surface area contributed by atoms with Crippen molar-refractivity contribution in [2.45, 2.75) is 19.9 Å². The van der Waals surface area contributed by atoms with Gasteiger partial charge in [0, 0.05) is 26.6 Å². The van der Waals surface area contributed by atoms with Crippen molar-refractivity contribution in [3.63, 3.8) is 0 Å². The topological polar surface area (TPSA) is 39.7 Å². The predicted molar refractivity (Wildman–Crippen MR) is 86.5 cm³/mol. The zero-order valence-corrected chi connectivity index (χ0v) is 13.8. The van der Waals surface area contributed by atoms with Crippen LogP contribution in [-0.4, -0.2) is 34.0 Å². The fourth-order valence-corrected chi connectivity index (χ4v) is 2.04. The number of nitrogens with one attached hydrogen (secondary N) is 1. The lowest BCUT2D eigenvalue weighted by Gasteiger charge is -2.14. The van der Waals surface area contributed by atoms with E-state index in [9.17, 15) is 0 Å². The smallest absolute Gasteiger partial charge is 0.179 e. The Bertz CT molecular complexity index is 463. The van der Waals surface area contributed by atoms with E-state index in [0.29, 0.717) is 36.3 Å². The van der Waals surface area contributed by atoms with Crippen LogP contribution < -0.4 is 14.8 Å². The van der Waals surface area contributed by atoms with Gasteiger partial charge >= 0.3 is 0 Å². The largest absolute Gasteiger partial charge is 0.493 e. The van der Waals surface area contributed by atoms with Crippen LogP contribution in [0.15, 0.2) is 24.3 Å². The Hall–Kier alpha value is -1.23. The van der Waals surface area contributed by atoms with Gasteiger partial charge in [0.25, 0.3) is 0 Å². The minimum Gasteiger partial charge on any atom is -0.493 e. The lowest BCUT2D eigenvalue weighted by atomic mass is 10.2. The van der Waals surface area contributed by atoms with Crippen LogP contribution in [0.5, 0.6) is 11.5 Å². The summed E-state index contributed by atoms with van der Waals surface area (Å²) in [4.78, 5) is 0. The van der Waals surface area contributed by atoms with Crippen molar-refractivity contribution >= 4 is 11.6 Å². The summed E-state index contributed by atoms with van der Waals surface area (Å²) in [5.41, 5.74) is 2.12. The Morgan fingerprint density at radius 1 is 1.29 bits per heavy atom. The van der Waals surface area contributed by atoms with E-state index in [4.69, 9.17) is 25.8 Å². The Balaban J connectivity index is 2.69. The van der Waals surface area contributed by atoms with Crippen molar-refractivity contribution in [2.24, 2.45) is 0 Å². The SMILES string of the molecule is C=C(C)CCOc1c(Cl)cc(CNCCOC)cc1OC. The molecule has 1 aromatic carbocycles. The molecule has 118 valence electrons. The summed E-state index contributed by atoms with van der Waals surface area (Å²) in [5, 5.41) is 3.82. The summed E-state index contributed by atoms with van der Waals surface area (Å²) >= 11 is 6.29. The van der Waals surface area contributed by atoms with Gasteiger partial charge < -0.3 is 19.5 Å². The van der Waals surface area contributed by atoms with Gasteiger partial charge in [0.1, 0.15) is 0 Å². The first-order valence-electron chi connectivity index (χ1n) is 6.91. The third-order valence-corrected chi connectivity index (χ3v) is 3.16. The van der Waals surface area contributed by atoms with Gasteiger partial charge in [-0.15, -0.1) is 6.58 Å². The van der Waals surface area contributed by atoms with Gasteiger partial charge in [0.15, 0.2) is 11.5 Å². The molecule has 0 radical (unpaired) electrons. The summed E-state index contributed by atoms with van der Waals surface area (Å²) in [5.74, 6) is 1.23. The molecule has 21 heavy (non-hydrogen) atoms. The fourth-order valence-electron chi connectivity index (χ4n) is 1.75. The number of rotatable bonds is 10. The van der Waals surface area contributed by atoms with Crippen LogP contribution >= 0.6 is 11.6 Å². The van der Waals surface area contributed by atoms with Crippen LogP contribution in [0.4, 0.5) is 0 Å². The van der Waals surface area contributed by atoms with E-state index in [1.165, 1.54) is 0 Å². The summed E-state index contributed by atoms with van der Waals surface area (Å²) in [6, 6.07) is 3.82. The van der Waals surface area contributed by atoms with Crippen molar-refractivity contribution in [2.75, 3.05) is 34.0 Å². The van der Waals surface area contributed by atoms with E-state index >= 15 is 0 Å². The van der Waals surface area contributed by atoms with Gasteiger partial charge in [0.05, 0.1) is 25.3 Å². The first-order chi connectivity index (χ1) is 10.1. The highest BCUT2D eigenvalue weighted by atomic mass is 35.5. The van der Waals surface area contributed by atoms with Crippen molar-refractivity contribution in [1.82, 2.24) is 5.32 Å².